The highest BCUT2D eigenvalue weighted by molar-refractivity contribution is 5.57. The van der Waals surface area contributed by atoms with Gasteiger partial charge in [-0.15, -0.1) is 6.58 Å². The first kappa shape index (κ1) is 8.25. The second-order valence-electron chi connectivity index (χ2n) is 4.53. The molecule has 1 heteroatoms. The van der Waals surface area contributed by atoms with Gasteiger partial charge in [-0.25, -0.2) is 0 Å². The van der Waals surface area contributed by atoms with Gasteiger partial charge < -0.3 is 0 Å². The van der Waals surface area contributed by atoms with E-state index < -0.39 is 0 Å². The van der Waals surface area contributed by atoms with Gasteiger partial charge in [0.1, 0.15) is 0 Å². The minimum absolute atomic E-state index is 0.216. The first-order valence-corrected chi connectivity index (χ1v) is 5.18. The summed E-state index contributed by atoms with van der Waals surface area (Å²) in [4.78, 5) is 2.52. The van der Waals surface area contributed by atoms with Crippen LogP contribution in [0.1, 0.15) is 19.4 Å². The van der Waals surface area contributed by atoms with Crippen LogP contribution in [0.5, 0.6) is 0 Å². The Hall–Kier alpha value is -1.08. The van der Waals surface area contributed by atoms with Gasteiger partial charge >= 0.3 is 0 Å². The van der Waals surface area contributed by atoms with Crippen molar-refractivity contribution in [1.82, 2.24) is 4.90 Å². The maximum Gasteiger partial charge on any atom is 0.0846 e. The van der Waals surface area contributed by atoms with E-state index in [9.17, 15) is 0 Å². The zero-order valence-electron chi connectivity index (χ0n) is 8.70. The molecule has 3 rings (SSSR count). The standard InChI is InChI=1S/C13H15N/c1-4-12(3)13(10(2)14(12)13)11-8-6-5-7-9-11/h4-10H,1H2,2-3H3/t10-,12+,13?,14?/m1/s1. The van der Waals surface area contributed by atoms with Gasteiger partial charge in [0.05, 0.1) is 11.1 Å². The van der Waals surface area contributed by atoms with Crippen LogP contribution >= 0.6 is 0 Å². The highest BCUT2D eigenvalue weighted by atomic mass is 15.6. The summed E-state index contributed by atoms with van der Waals surface area (Å²) in [5.74, 6) is 0. The number of nitrogens with zero attached hydrogens (tertiary/aromatic N) is 1. The fourth-order valence-electron chi connectivity index (χ4n) is 3.34. The van der Waals surface area contributed by atoms with Gasteiger partial charge in [0.25, 0.3) is 0 Å². The minimum Gasteiger partial charge on any atom is -0.274 e. The molecule has 0 aliphatic carbocycles. The molecule has 2 aliphatic rings. The summed E-state index contributed by atoms with van der Waals surface area (Å²) in [6.45, 7) is 8.50. The molecule has 2 heterocycles. The summed E-state index contributed by atoms with van der Waals surface area (Å²) in [5.41, 5.74) is 1.94. The molecule has 72 valence electrons. The van der Waals surface area contributed by atoms with Gasteiger partial charge in [-0.05, 0) is 19.4 Å². The van der Waals surface area contributed by atoms with Crippen molar-refractivity contribution in [3.05, 3.63) is 48.6 Å². The van der Waals surface area contributed by atoms with Crippen molar-refractivity contribution in [1.29, 1.82) is 0 Å². The molecule has 0 N–H and O–H groups in total. The highest BCUT2D eigenvalue weighted by Gasteiger charge is 2.89. The monoisotopic (exact) mass is 185 g/mol. The topological polar surface area (TPSA) is 3.01 Å². The SMILES string of the molecule is C=C[C@]1(C)N2[C@H](C)C21c1ccccc1. The largest absolute Gasteiger partial charge is 0.274 e. The molecule has 0 bridgehead atoms. The maximum atomic E-state index is 3.94. The average molecular weight is 185 g/mol. The van der Waals surface area contributed by atoms with Gasteiger partial charge in [0, 0.05) is 6.04 Å². The average Bonchev–Trinajstić information content (AvgIpc) is 3.06. The molecule has 4 atom stereocenters. The Morgan fingerprint density at radius 1 is 1.36 bits per heavy atom. The quantitative estimate of drug-likeness (QED) is 0.505. The lowest BCUT2D eigenvalue weighted by atomic mass is 9.83. The van der Waals surface area contributed by atoms with Crippen LogP contribution in [0.4, 0.5) is 0 Å². The van der Waals surface area contributed by atoms with E-state index in [2.05, 4.69) is 61.7 Å². The second kappa shape index (κ2) is 2.12. The lowest BCUT2D eigenvalue weighted by Gasteiger charge is -2.20. The van der Waals surface area contributed by atoms with Crippen molar-refractivity contribution in [3.8, 4) is 0 Å². The molecule has 0 spiro atoms. The molecule has 2 fully saturated rings. The van der Waals surface area contributed by atoms with E-state index in [0.29, 0.717) is 6.04 Å². The number of fused-ring (bicyclic) bond motifs is 1. The predicted octanol–water partition coefficient (Wildman–Crippen LogP) is 2.54. The molecule has 2 saturated heterocycles. The van der Waals surface area contributed by atoms with Crippen LogP contribution in [-0.2, 0) is 5.54 Å². The van der Waals surface area contributed by atoms with E-state index in [1.54, 1.807) is 0 Å². The Bertz CT molecular complexity index is 397. The Kier molecular flexibility index (Phi) is 1.25. The summed E-state index contributed by atoms with van der Waals surface area (Å²) in [6.07, 6.45) is 2.08. The van der Waals surface area contributed by atoms with E-state index in [1.165, 1.54) is 5.56 Å². The Morgan fingerprint density at radius 3 is 2.43 bits per heavy atom. The maximum absolute atomic E-state index is 3.94. The lowest BCUT2D eigenvalue weighted by Crippen LogP contribution is -2.30. The molecule has 2 aliphatic heterocycles. The van der Waals surface area contributed by atoms with Crippen LogP contribution in [0.2, 0.25) is 0 Å². The summed E-state index contributed by atoms with van der Waals surface area (Å²) in [5, 5.41) is 0. The number of rotatable bonds is 2. The molecule has 1 aromatic carbocycles. The van der Waals surface area contributed by atoms with Crippen LogP contribution in [0.25, 0.3) is 0 Å². The fraction of sp³-hybridized carbons (Fsp3) is 0.385. The number of hydrogen-bond acceptors (Lipinski definition) is 1. The number of hydrogen-bond donors (Lipinski definition) is 0. The van der Waals surface area contributed by atoms with E-state index in [0.717, 1.165) is 0 Å². The Balaban J connectivity index is 2.05. The van der Waals surface area contributed by atoms with Crippen LogP contribution in [0.15, 0.2) is 43.0 Å². The summed E-state index contributed by atoms with van der Waals surface area (Å²) < 4.78 is 0. The molecule has 0 radical (unpaired) electrons. The van der Waals surface area contributed by atoms with E-state index in [1.807, 2.05) is 0 Å². The van der Waals surface area contributed by atoms with Crippen molar-refractivity contribution in [2.75, 3.05) is 0 Å². The molecule has 0 amide bonds. The molecule has 1 nitrogen and oxygen atoms in total. The van der Waals surface area contributed by atoms with Crippen LogP contribution in [0, 0.1) is 0 Å². The summed E-state index contributed by atoms with van der Waals surface area (Å²) in [7, 11) is 0. The molecule has 2 unspecified atom stereocenters. The number of benzene rings is 1. The van der Waals surface area contributed by atoms with Crippen molar-refractivity contribution in [2.45, 2.75) is 31.0 Å². The van der Waals surface area contributed by atoms with Gasteiger partial charge in [-0.1, -0.05) is 36.4 Å². The second-order valence-corrected chi connectivity index (χ2v) is 4.53. The van der Waals surface area contributed by atoms with Crippen molar-refractivity contribution < 1.29 is 0 Å². The van der Waals surface area contributed by atoms with E-state index >= 15 is 0 Å². The molecular weight excluding hydrogens is 170 g/mol. The van der Waals surface area contributed by atoms with E-state index in [4.69, 9.17) is 0 Å². The third kappa shape index (κ3) is 0.583. The van der Waals surface area contributed by atoms with Gasteiger partial charge in [0.2, 0.25) is 0 Å². The van der Waals surface area contributed by atoms with Crippen molar-refractivity contribution in [2.24, 2.45) is 0 Å². The molecule has 0 aromatic heterocycles. The first-order valence-electron chi connectivity index (χ1n) is 5.18. The van der Waals surface area contributed by atoms with Crippen molar-refractivity contribution in [3.63, 3.8) is 0 Å². The fourth-order valence-corrected chi connectivity index (χ4v) is 3.34. The van der Waals surface area contributed by atoms with Crippen LogP contribution in [0.3, 0.4) is 0 Å². The zero-order valence-corrected chi connectivity index (χ0v) is 8.70. The van der Waals surface area contributed by atoms with Crippen LogP contribution in [-0.4, -0.2) is 16.5 Å². The molecular formula is C13H15N. The smallest absolute Gasteiger partial charge is 0.0846 e. The molecule has 14 heavy (non-hydrogen) atoms. The minimum atomic E-state index is 0.216. The third-order valence-corrected chi connectivity index (χ3v) is 4.14. The van der Waals surface area contributed by atoms with Gasteiger partial charge in [-0.3, -0.25) is 4.90 Å². The van der Waals surface area contributed by atoms with Gasteiger partial charge in [0.15, 0.2) is 0 Å². The Morgan fingerprint density at radius 2 is 2.00 bits per heavy atom. The van der Waals surface area contributed by atoms with E-state index in [-0.39, 0.29) is 11.1 Å². The summed E-state index contributed by atoms with van der Waals surface area (Å²) >= 11 is 0. The molecule has 1 aromatic rings. The summed E-state index contributed by atoms with van der Waals surface area (Å²) in [6, 6.07) is 11.5. The highest BCUT2D eigenvalue weighted by Crippen LogP contribution is 2.77. The molecule has 0 saturated carbocycles. The first-order chi connectivity index (χ1) is 6.69. The Labute approximate surface area is 85.0 Å². The van der Waals surface area contributed by atoms with Gasteiger partial charge in [-0.2, -0.15) is 0 Å². The predicted molar refractivity (Wildman–Crippen MR) is 58.0 cm³/mol. The lowest BCUT2D eigenvalue weighted by molar-refractivity contribution is 0.455. The van der Waals surface area contributed by atoms with Crippen molar-refractivity contribution >= 4 is 0 Å². The van der Waals surface area contributed by atoms with Crippen LogP contribution < -0.4 is 0 Å². The normalized spacial score (nSPS) is 48.1. The third-order valence-electron chi connectivity index (χ3n) is 4.14. The zero-order chi connectivity index (χ0) is 9.97.